The van der Waals surface area contributed by atoms with Crippen LogP contribution in [-0.4, -0.2) is 30.6 Å². The highest BCUT2D eigenvalue weighted by atomic mass is 15.2. The molecule has 3 unspecified atom stereocenters. The van der Waals surface area contributed by atoms with Crippen LogP contribution >= 0.6 is 0 Å². The fourth-order valence-electron chi connectivity index (χ4n) is 3.84. The predicted octanol–water partition coefficient (Wildman–Crippen LogP) is 3.00. The highest BCUT2D eigenvalue weighted by molar-refractivity contribution is 5.25. The maximum Gasteiger partial charge on any atom is 0.0535 e. The van der Waals surface area contributed by atoms with E-state index in [0.29, 0.717) is 0 Å². The molecular weight excluding hydrogens is 232 g/mol. The van der Waals surface area contributed by atoms with E-state index >= 15 is 0 Å². The van der Waals surface area contributed by atoms with E-state index < -0.39 is 0 Å². The van der Waals surface area contributed by atoms with Gasteiger partial charge in [0.1, 0.15) is 0 Å². The third kappa shape index (κ3) is 2.70. The second-order valence-electron chi connectivity index (χ2n) is 6.67. The Hall–Kier alpha value is -0.860. The minimum Gasteiger partial charge on any atom is -0.305 e. The summed E-state index contributed by atoms with van der Waals surface area (Å²) in [5.41, 5.74) is 1.54. The highest BCUT2D eigenvalue weighted by Crippen LogP contribution is 2.32. The Morgan fingerprint density at radius 1 is 1.21 bits per heavy atom. The molecule has 1 aliphatic carbocycles. The predicted molar refractivity (Wildman–Crippen MR) is 80.2 cm³/mol. The zero-order valence-corrected chi connectivity index (χ0v) is 12.2. The Balaban J connectivity index is 1.74. The van der Waals surface area contributed by atoms with Crippen LogP contribution in [0.5, 0.6) is 0 Å². The Morgan fingerprint density at radius 2 is 2.00 bits per heavy atom. The second kappa shape index (κ2) is 5.26. The molecule has 3 rings (SSSR count). The lowest BCUT2D eigenvalue weighted by Crippen LogP contribution is -2.58. The average molecular weight is 258 g/mol. The standard InChI is InChI=1S/C17H26N2/c1-14-8-9-16(12-14)19-11-10-18-17(2,13-19)15-6-4-3-5-7-15/h3-7,14,16,18H,8-13H2,1-2H3. The molecule has 1 aliphatic heterocycles. The molecule has 0 aromatic heterocycles. The SMILES string of the molecule is CC1CCC(N2CCNC(C)(c3ccccc3)C2)C1. The lowest BCUT2D eigenvalue weighted by Gasteiger charge is -2.44. The fraction of sp³-hybridized carbons (Fsp3) is 0.647. The summed E-state index contributed by atoms with van der Waals surface area (Å²) in [6.07, 6.45) is 4.20. The zero-order valence-electron chi connectivity index (χ0n) is 12.2. The molecule has 1 aromatic rings. The minimum atomic E-state index is 0.116. The largest absolute Gasteiger partial charge is 0.305 e. The summed E-state index contributed by atoms with van der Waals surface area (Å²) >= 11 is 0. The Kier molecular flexibility index (Phi) is 3.64. The van der Waals surface area contributed by atoms with Crippen molar-refractivity contribution in [3.8, 4) is 0 Å². The van der Waals surface area contributed by atoms with E-state index in [1.54, 1.807) is 0 Å². The molecule has 3 atom stereocenters. The van der Waals surface area contributed by atoms with Gasteiger partial charge in [-0.25, -0.2) is 0 Å². The molecule has 104 valence electrons. The van der Waals surface area contributed by atoms with E-state index in [-0.39, 0.29) is 5.54 Å². The van der Waals surface area contributed by atoms with Crippen LogP contribution in [0.2, 0.25) is 0 Å². The Morgan fingerprint density at radius 3 is 2.68 bits per heavy atom. The van der Waals surface area contributed by atoms with Crippen molar-refractivity contribution in [2.75, 3.05) is 19.6 Å². The van der Waals surface area contributed by atoms with Gasteiger partial charge in [-0.05, 0) is 37.7 Å². The van der Waals surface area contributed by atoms with E-state index in [0.717, 1.165) is 25.0 Å². The smallest absolute Gasteiger partial charge is 0.0535 e. The first-order chi connectivity index (χ1) is 9.17. The summed E-state index contributed by atoms with van der Waals surface area (Å²) < 4.78 is 0. The van der Waals surface area contributed by atoms with Crippen molar-refractivity contribution in [3.63, 3.8) is 0 Å². The molecule has 1 N–H and O–H groups in total. The maximum absolute atomic E-state index is 3.73. The monoisotopic (exact) mass is 258 g/mol. The molecule has 0 amide bonds. The van der Waals surface area contributed by atoms with Gasteiger partial charge in [-0.1, -0.05) is 37.3 Å². The molecule has 2 aliphatic rings. The molecule has 1 aromatic carbocycles. The van der Waals surface area contributed by atoms with Crippen LogP contribution in [0, 0.1) is 5.92 Å². The number of rotatable bonds is 2. The zero-order chi connectivity index (χ0) is 13.3. The van der Waals surface area contributed by atoms with Gasteiger partial charge in [-0.15, -0.1) is 0 Å². The van der Waals surface area contributed by atoms with Crippen molar-refractivity contribution in [1.29, 1.82) is 0 Å². The quantitative estimate of drug-likeness (QED) is 0.877. The summed E-state index contributed by atoms with van der Waals surface area (Å²) in [4.78, 5) is 2.73. The van der Waals surface area contributed by atoms with Gasteiger partial charge in [-0.3, -0.25) is 4.90 Å². The minimum absolute atomic E-state index is 0.116. The van der Waals surface area contributed by atoms with Crippen molar-refractivity contribution in [3.05, 3.63) is 35.9 Å². The van der Waals surface area contributed by atoms with E-state index in [1.807, 2.05) is 0 Å². The first-order valence-corrected chi connectivity index (χ1v) is 7.72. The Labute approximate surface area is 117 Å². The normalized spacial score (nSPS) is 36.5. The van der Waals surface area contributed by atoms with Crippen molar-refractivity contribution >= 4 is 0 Å². The van der Waals surface area contributed by atoms with Crippen molar-refractivity contribution in [2.45, 2.75) is 44.7 Å². The molecule has 2 nitrogen and oxygen atoms in total. The average Bonchev–Trinajstić information content (AvgIpc) is 2.87. The van der Waals surface area contributed by atoms with Crippen LogP contribution in [0.3, 0.4) is 0 Å². The van der Waals surface area contributed by atoms with Crippen LogP contribution in [-0.2, 0) is 5.54 Å². The first kappa shape index (κ1) is 13.1. The van der Waals surface area contributed by atoms with Crippen LogP contribution in [0.15, 0.2) is 30.3 Å². The molecule has 0 spiro atoms. The molecule has 2 fully saturated rings. The van der Waals surface area contributed by atoms with E-state index in [2.05, 4.69) is 54.4 Å². The number of nitrogens with one attached hydrogen (secondary N) is 1. The maximum atomic E-state index is 3.73. The van der Waals surface area contributed by atoms with E-state index in [4.69, 9.17) is 0 Å². The van der Waals surface area contributed by atoms with Crippen molar-refractivity contribution < 1.29 is 0 Å². The summed E-state index contributed by atoms with van der Waals surface area (Å²) in [5, 5.41) is 3.73. The molecule has 0 bridgehead atoms. The molecule has 2 heteroatoms. The van der Waals surface area contributed by atoms with Crippen LogP contribution < -0.4 is 5.32 Å². The third-order valence-corrected chi connectivity index (χ3v) is 5.03. The number of piperazine rings is 1. The molecule has 19 heavy (non-hydrogen) atoms. The van der Waals surface area contributed by atoms with Gasteiger partial charge >= 0.3 is 0 Å². The van der Waals surface area contributed by atoms with Gasteiger partial charge in [0, 0.05) is 25.7 Å². The summed E-state index contributed by atoms with van der Waals surface area (Å²) in [6.45, 7) is 8.22. The molecule has 1 heterocycles. The third-order valence-electron chi connectivity index (χ3n) is 5.03. The fourth-order valence-corrected chi connectivity index (χ4v) is 3.84. The van der Waals surface area contributed by atoms with Crippen molar-refractivity contribution in [2.24, 2.45) is 5.92 Å². The summed E-state index contributed by atoms with van der Waals surface area (Å²) in [7, 11) is 0. The van der Waals surface area contributed by atoms with Gasteiger partial charge in [0.05, 0.1) is 5.54 Å². The number of nitrogens with zero attached hydrogens (tertiary/aromatic N) is 1. The molecule has 1 saturated carbocycles. The number of benzene rings is 1. The number of hydrogen-bond donors (Lipinski definition) is 1. The molecular formula is C17H26N2. The summed E-state index contributed by atoms with van der Waals surface area (Å²) in [6, 6.07) is 11.7. The topological polar surface area (TPSA) is 15.3 Å². The Bertz CT molecular complexity index is 417. The lowest BCUT2D eigenvalue weighted by molar-refractivity contribution is 0.0997. The van der Waals surface area contributed by atoms with Crippen molar-refractivity contribution in [1.82, 2.24) is 10.2 Å². The highest BCUT2D eigenvalue weighted by Gasteiger charge is 2.36. The number of hydrogen-bond acceptors (Lipinski definition) is 2. The molecule has 1 saturated heterocycles. The van der Waals surface area contributed by atoms with Crippen LogP contribution in [0.25, 0.3) is 0 Å². The van der Waals surface area contributed by atoms with Gasteiger partial charge in [0.15, 0.2) is 0 Å². The summed E-state index contributed by atoms with van der Waals surface area (Å²) in [5.74, 6) is 0.919. The lowest BCUT2D eigenvalue weighted by atomic mass is 9.89. The second-order valence-corrected chi connectivity index (χ2v) is 6.67. The first-order valence-electron chi connectivity index (χ1n) is 7.72. The van der Waals surface area contributed by atoms with E-state index in [1.165, 1.54) is 31.4 Å². The van der Waals surface area contributed by atoms with Gasteiger partial charge in [0.25, 0.3) is 0 Å². The van der Waals surface area contributed by atoms with E-state index in [9.17, 15) is 0 Å². The van der Waals surface area contributed by atoms with Gasteiger partial charge in [-0.2, -0.15) is 0 Å². The van der Waals surface area contributed by atoms with Crippen LogP contribution in [0.1, 0.15) is 38.7 Å². The molecule has 0 radical (unpaired) electrons. The van der Waals surface area contributed by atoms with Gasteiger partial charge in [0.2, 0.25) is 0 Å². The van der Waals surface area contributed by atoms with Gasteiger partial charge < -0.3 is 5.32 Å². The van der Waals surface area contributed by atoms with Crippen LogP contribution in [0.4, 0.5) is 0 Å².